The number of aryl methyl sites for hydroxylation is 1. The number of allylic oxidation sites excluding steroid dienone is 1. The summed E-state index contributed by atoms with van der Waals surface area (Å²) in [6.07, 6.45) is -8.31. The average molecular weight is 598 g/mol. The molecular weight excluding hydrogens is 580 g/mol. The maximum atomic E-state index is 15.1. The molecule has 0 radical (unpaired) electrons. The summed E-state index contributed by atoms with van der Waals surface area (Å²) in [4.78, 5) is 3.81. The molecule has 0 spiro atoms. The number of hydrogen-bond acceptors (Lipinski definition) is 2. The molecule has 0 aliphatic rings. The Morgan fingerprint density at radius 3 is 2.29 bits per heavy atom. The van der Waals surface area contributed by atoms with Crippen LogP contribution < -0.4 is 5.32 Å². The molecule has 1 heterocycles. The molecule has 0 bridgehead atoms. The Bertz CT molecular complexity index is 1360. The van der Waals surface area contributed by atoms with Crippen LogP contribution in [-0.4, -0.2) is 11.2 Å². The van der Waals surface area contributed by atoms with Crippen molar-refractivity contribution in [1.82, 2.24) is 10.3 Å². The minimum absolute atomic E-state index is 0.0343. The maximum Gasteiger partial charge on any atom is 0.417 e. The van der Waals surface area contributed by atoms with E-state index in [-0.39, 0.29) is 39.1 Å². The lowest BCUT2D eigenvalue weighted by Crippen LogP contribution is -2.19. The standard InChI is InChI=1S/C26H18Cl3F7N2/c1-13-7-17(10-21(27)24(13)29)19(25(31,32)33)11-22(30)16-3-4-18(20(9-16)26(34,35)36)14(2)38-12-15-5-6-37-23(28)8-15/h3-11,19,38H,2,12H2,1H3/b22-11-. The normalized spacial score (nSPS) is 13.4. The number of alkyl halides is 6. The predicted octanol–water partition coefficient (Wildman–Crippen LogP) is 9.79. The summed E-state index contributed by atoms with van der Waals surface area (Å²) in [6.45, 7) is 5.10. The molecule has 12 heteroatoms. The number of halogens is 10. The molecule has 1 aromatic heterocycles. The topological polar surface area (TPSA) is 24.9 Å². The van der Waals surface area contributed by atoms with Crippen LogP contribution in [-0.2, 0) is 12.7 Å². The third-order valence-electron chi connectivity index (χ3n) is 5.48. The highest BCUT2D eigenvalue weighted by atomic mass is 35.5. The van der Waals surface area contributed by atoms with Crippen molar-refractivity contribution in [3.63, 3.8) is 0 Å². The average Bonchev–Trinajstić information content (AvgIpc) is 2.82. The molecule has 3 aromatic rings. The second-order valence-electron chi connectivity index (χ2n) is 8.24. The Morgan fingerprint density at radius 2 is 1.71 bits per heavy atom. The summed E-state index contributed by atoms with van der Waals surface area (Å²) < 4.78 is 98.2. The van der Waals surface area contributed by atoms with Crippen molar-refractivity contribution in [2.24, 2.45) is 0 Å². The van der Waals surface area contributed by atoms with Crippen molar-refractivity contribution in [3.05, 3.63) is 110 Å². The van der Waals surface area contributed by atoms with E-state index >= 15 is 4.39 Å². The van der Waals surface area contributed by atoms with Crippen LogP contribution in [0.1, 0.15) is 39.3 Å². The minimum Gasteiger partial charge on any atom is -0.381 e. The molecule has 0 saturated heterocycles. The summed E-state index contributed by atoms with van der Waals surface area (Å²) in [5.74, 6) is -3.99. The van der Waals surface area contributed by atoms with Gasteiger partial charge in [0, 0.05) is 29.6 Å². The lowest BCUT2D eigenvalue weighted by Gasteiger charge is -2.20. The summed E-state index contributed by atoms with van der Waals surface area (Å²) in [7, 11) is 0. The zero-order chi connectivity index (χ0) is 28.4. The quantitative estimate of drug-likeness (QED) is 0.217. The van der Waals surface area contributed by atoms with Gasteiger partial charge in [-0.25, -0.2) is 9.37 Å². The number of nitrogens with zero attached hydrogens (tertiary/aromatic N) is 1. The molecule has 38 heavy (non-hydrogen) atoms. The van der Waals surface area contributed by atoms with Crippen molar-refractivity contribution in [1.29, 1.82) is 0 Å². The van der Waals surface area contributed by atoms with E-state index in [4.69, 9.17) is 34.8 Å². The summed E-state index contributed by atoms with van der Waals surface area (Å²) in [5.41, 5.74) is -2.09. The first-order chi connectivity index (χ1) is 17.6. The zero-order valence-corrected chi connectivity index (χ0v) is 21.7. The summed E-state index contributed by atoms with van der Waals surface area (Å²) in [5, 5.41) is 2.78. The fourth-order valence-corrected chi connectivity index (χ4v) is 4.18. The Hall–Kier alpha value is -2.75. The smallest absolute Gasteiger partial charge is 0.381 e. The van der Waals surface area contributed by atoms with Gasteiger partial charge in [-0.05, 0) is 54.0 Å². The van der Waals surface area contributed by atoms with Crippen LogP contribution in [0.25, 0.3) is 11.5 Å². The molecule has 0 aliphatic carbocycles. The molecule has 3 rings (SSSR count). The first kappa shape index (κ1) is 29.8. The van der Waals surface area contributed by atoms with Gasteiger partial charge in [0.2, 0.25) is 0 Å². The first-order valence-electron chi connectivity index (χ1n) is 10.7. The number of pyridine rings is 1. The van der Waals surface area contributed by atoms with Crippen LogP contribution in [0.2, 0.25) is 15.2 Å². The molecule has 1 N–H and O–H groups in total. The van der Waals surface area contributed by atoms with E-state index < -0.39 is 46.4 Å². The number of hydrogen-bond donors (Lipinski definition) is 1. The Balaban J connectivity index is 1.98. The number of benzene rings is 2. The van der Waals surface area contributed by atoms with Crippen LogP contribution >= 0.6 is 34.8 Å². The predicted molar refractivity (Wildman–Crippen MR) is 136 cm³/mol. The Labute approximate surface area is 228 Å². The monoisotopic (exact) mass is 596 g/mol. The van der Waals surface area contributed by atoms with Crippen molar-refractivity contribution in [3.8, 4) is 0 Å². The van der Waals surface area contributed by atoms with E-state index in [0.29, 0.717) is 11.6 Å². The molecule has 0 saturated carbocycles. The second kappa shape index (κ2) is 11.6. The molecule has 2 aromatic carbocycles. The lowest BCUT2D eigenvalue weighted by atomic mass is 9.94. The molecule has 1 atom stereocenters. The van der Waals surface area contributed by atoms with Gasteiger partial charge in [-0.15, -0.1) is 0 Å². The number of aromatic nitrogens is 1. The molecule has 202 valence electrons. The largest absolute Gasteiger partial charge is 0.417 e. The van der Waals surface area contributed by atoms with E-state index in [1.807, 2.05) is 0 Å². The molecule has 0 aliphatic heterocycles. The molecular formula is C26H18Cl3F7N2. The van der Waals surface area contributed by atoms with Crippen molar-refractivity contribution < 1.29 is 30.7 Å². The first-order valence-corrected chi connectivity index (χ1v) is 11.9. The van der Waals surface area contributed by atoms with Gasteiger partial charge in [0.05, 0.1) is 15.6 Å². The minimum atomic E-state index is -4.97. The van der Waals surface area contributed by atoms with Crippen molar-refractivity contribution in [2.45, 2.75) is 31.7 Å². The fraction of sp³-hybridized carbons (Fsp3) is 0.192. The van der Waals surface area contributed by atoms with Gasteiger partial charge in [-0.2, -0.15) is 26.3 Å². The zero-order valence-electron chi connectivity index (χ0n) is 19.4. The third-order valence-corrected chi connectivity index (χ3v) is 6.58. The van der Waals surface area contributed by atoms with Crippen molar-refractivity contribution >= 4 is 46.3 Å². The van der Waals surface area contributed by atoms with Crippen LogP contribution in [0.3, 0.4) is 0 Å². The highest BCUT2D eigenvalue weighted by Crippen LogP contribution is 2.42. The van der Waals surface area contributed by atoms with Gasteiger partial charge in [-0.3, -0.25) is 0 Å². The SMILES string of the molecule is C=C(NCc1ccnc(Cl)c1)c1ccc(/C(F)=C/C(c2cc(C)c(Cl)c(Cl)c2)C(F)(F)F)cc1C(F)(F)F. The van der Waals surface area contributed by atoms with E-state index in [1.54, 1.807) is 6.07 Å². The molecule has 0 amide bonds. The van der Waals surface area contributed by atoms with Crippen molar-refractivity contribution in [2.75, 3.05) is 0 Å². The van der Waals surface area contributed by atoms with Gasteiger partial charge in [0.25, 0.3) is 0 Å². The molecule has 1 unspecified atom stereocenters. The summed E-state index contributed by atoms with van der Waals surface area (Å²) in [6, 6.07) is 7.44. The van der Waals surface area contributed by atoms with Crippen LogP contribution in [0, 0.1) is 6.92 Å². The van der Waals surface area contributed by atoms with Crippen LogP contribution in [0.15, 0.2) is 61.3 Å². The van der Waals surface area contributed by atoms with E-state index in [2.05, 4.69) is 16.9 Å². The van der Waals surface area contributed by atoms with E-state index in [0.717, 1.165) is 24.3 Å². The van der Waals surface area contributed by atoms with Gasteiger partial charge >= 0.3 is 12.4 Å². The van der Waals surface area contributed by atoms with E-state index in [1.165, 1.54) is 19.2 Å². The van der Waals surface area contributed by atoms with Crippen LogP contribution in [0.5, 0.6) is 0 Å². The Kier molecular flexibility index (Phi) is 9.06. The van der Waals surface area contributed by atoms with Gasteiger partial charge in [-0.1, -0.05) is 59.6 Å². The third kappa shape index (κ3) is 7.21. The highest BCUT2D eigenvalue weighted by molar-refractivity contribution is 6.42. The Morgan fingerprint density at radius 1 is 1.03 bits per heavy atom. The van der Waals surface area contributed by atoms with Gasteiger partial charge in [0.15, 0.2) is 0 Å². The van der Waals surface area contributed by atoms with E-state index in [9.17, 15) is 26.3 Å². The van der Waals surface area contributed by atoms with Gasteiger partial charge in [0.1, 0.15) is 16.9 Å². The summed E-state index contributed by atoms with van der Waals surface area (Å²) >= 11 is 17.6. The van der Waals surface area contributed by atoms with Gasteiger partial charge < -0.3 is 5.32 Å². The highest BCUT2D eigenvalue weighted by Gasteiger charge is 2.40. The number of rotatable bonds is 7. The molecule has 0 fully saturated rings. The molecule has 2 nitrogen and oxygen atoms in total. The van der Waals surface area contributed by atoms with Crippen LogP contribution in [0.4, 0.5) is 30.7 Å². The fourth-order valence-electron chi connectivity index (χ4n) is 3.60. The second-order valence-corrected chi connectivity index (χ2v) is 9.42. The number of nitrogens with one attached hydrogen (secondary N) is 1. The maximum absolute atomic E-state index is 15.1. The lowest BCUT2D eigenvalue weighted by molar-refractivity contribution is -0.140.